The summed E-state index contributed by atoms with van der Waals surface area (Å²) in [5, 5.41) is 0. The number of hydrogen-bond acceptors (Lipinski definition) is 2. The number of nitrogens with zero attached hydrogens (tertiary/aromatic N) is 1. The molecule has 0 radical (unpaired) electrons. The van der Waals surface area contributed by atoms with E-state index in [1.54, 1.807) is 6.92 Å². The zero-order valence-corrected chi connectivity index (χ0v) is 6.46. The molecule has 0 bridgehead atoms. The van der Waals surface area contributed by atoms with Crippen LogP contribution >= 0.6 is 0 Å². The van der Waals surface area contributed by atoms with Crippen molar-refractivity contribution in [2.75, 3.05) is 19.8 Å². The third-order valence-electron chi connectivity index (χ3n) is 1.77. The summed E-state index contributed by atoms with van der Waals surface area (Å²) in [5.41, 5.74) is 0. The minimum atomic E-state index is 0.149. The molecule has 1 amide bonds. The van der Waals surface area contributed by atoms with Crippen molar-refractivity contribution in [3.63, 3.8) is 0 Å². The van der Waals surface area contributed by atoms with Gasteiger partial charge in [0.2, 0.25) is 5.91 Å². The van der Waals surface area contributed by atoms with Crippen LogP contribution in [0.4, 0.5) is 0 Å². The molecule has 0 aliphatic carbocycles. The predicted octanol–water partition coefficient (Wildman–Crippen LogP) is 0.254. The average Bonchev–Trinajstić information content (AvgIpc) is 1.88. The summed E-state index contributed by atoms with van der Waals surface area (Å²) in [4.78, 5) is 12.7. The van der Waals surface area contributed by atoms with Gasteiger partial charge in [-0.1, -0.05) is 0 Å². The third kappa shape index (κ3) is 1.48. The van der Waals surface area contributed by atoms with Crippen LogP contribution in [-0.2, 0) is 9.53 Å². The van der Waals surface area contributed by atoms with Gasteiger partial charge < -0.3 is 9.64 Å². The number of carbonyl (C=O) groups excluding carboxylic acids is 1. The van der Waals surface area contributed by atoms with E-state index in [1.165, 1.54) is 0 Å². The van der Waals surface area contributed by atoms with Gasteiger partial charge in [0.15, 0.2) is 0 Å². The van der Waals surface area contributed by atoms with Gasteiger partial charge in [-0.05, 0) is 6.92 Å². The van der Waals surface area contributed by atoms with Crippen LogP contribution in [0.3, 0.4) is 0 Å². The first kappa shape index (κ1) is 7.54. The highest BCUT2D eigenvalue weighted by Gasteiger charge is 2.19. The Labute approximate surface area is 61.0 Å². The fraction of sp³-hybridized carbons (Fsp3) is 0.857. The molecule has 0 aromatic rings. The predicted molar refractivity (Wildman–Crippen MR) is 37.7 cm³/mol. The van der Waals surface area contributed by atoms with Gasteiger partial charge in [-0.25, -0.2) is 0 Å². The van der Waals surface area contributed by atoms with E-state index in [4.69, 9.17) is 4.74 Å². The maximum Gasteiger partial charge on any atom is 0.219 e. The molecule has 1 aliphatic heterocycles. The molecular formula is C7H13NO2. The van der Waals surface area contributed by atoms with Gasteiger partial charge in [0, 0.05) is 13.5 Å². The molecule has 0 aromatic carbocycles. The monoisotopic (exact) mass is 143 g/mol. The summed E-state index contributed by atoms with van der Waals surface area (Å²) in [6.07, 6.45) is 0. The Morgan fingerprint density at radius 3 is 2.80 bits per heavy atom. The number of carbonyl (C=O) groups is 1. The van der Waals surface area contributed by atoms with Crippen LogP contribution in [-0.4, -0.2) is 36.6 Å². The highest BCUT2D eigenvalue weighted by Crippen LogP contribution is 2.05. The lowest BCUT2D eigenvalue weighted by Crippen LogP contribution is -2.46. The normalized spacial score (nSPS) is 26.6. The van der Waals surface area contributed by atoms with Crippen LogP contribution in [0.15, 0.2) is 0 Å². The van der Waals surface area contributed by atoms with E-state index < -0.39 is 0 Å². The summed E-state index contributed by atoms with van der Waals surface area (Å²) in [6.45, 7) is 5.71. The van der Waals surface area contributed by atoms with E-state index in [0.717, 1.165) is 6.54 Å². The fourth-order valence-corrected chi connectivity index (χ4v) is 1.19. The summed E-state index contributed by atoms with van der Waals surface area (Å²) in [7, 11) is 0. The second-order valence-electron chi connectivity index (χ2n) is 2.64. The molecule has 58 valence electrons. The van der Waals surface area contributed by atoms with Crippen LogP contribution in [0.1, 0.15) is 13.8 Å². The first-order valence-electron chi connectivity index (χ1n) is 3.57. The Kier molecular flexibility index (Phi) is 2.27. The first-order valence-corrected chi connectivity index (χ1v) is 3.57. The van der Waals surface area contributed by atoms with Crippen molar-refractivity contribution in [3.05, 3.63) is 0 Å². The Morgan fingerprint density at radius 1 is 1.70 bits per heavy atom. The molecule has 0 aromatic heterocycles. The van der Waals surface area contributed by atoms with Crippen LogP contribution in [0.2, 0.25) is 0 Å². The Morgan fingerprint density at radius 2 is 2.40 bits per heavy atom. The van der Waals surface area contributed by atoms with Gasteiger partial charge in [-0.3, -0.25) is 4.79 Å². The van der Waals surface area contributed by atoms with E-state index >= 15 is 0 Å². The molecule has 3 heteroatoms. The second kappa shape index (κ2) is 3.01. The SMILES string of the molecule is CC(=O)N1CCOCC1C. The molecule has 3 nitrogen and oxygen atoms in total. The Balaban J connectivity index is 2.47. The molecule has 10 heavy (non-hydrogen) atoms. The summed E-state index contributed by atoms with van der Waals surface area (Å²) in [5.74, 6) is 0.149. The van der Waals surface area contributed by atoms with E-state index in [0.29, 0.717) is 13.2 Å². The van der Waals surface area contributed by atoms with Crippen LogP contribution in [0.25, 0.3) is 0 Å². The number of ether oxygens (including phenoxy) is 1. The minimum absolute atomic E-state index is 0.149. The molecule has 1 fully saturated rings. The molecule has 1 saturated heterocycles. The number of amides is 1. The van der Waals surface area contributed by atoms with Gasteiger partial charge in [-0.15, -0.1) is 0 Å². The lowest BCUT2D eigenvalue weighted by molar-refractivity contribution is -0.136. The quantitative estimate of drug-likeness (QED) is 0.486. The van der Waals surface area contributed by atoms with Gasteiger partial charge in [-0.2, -0.15) is 0 Å². The van der Waals surface area contributed by atoms with Crippen molar-refractivity contribution >= 4 is 5.91 Å². The molecule has 1 unspecified atom stereocenters. The number of morpholine rings is 1. The maximum absolute atomic E-state index is 10.9. The van der Waals surface area contributed by atoms with Crippen molar-refractivity contribution in [1.29, 1.82) is 0 Å². The third-order valence-corrected chi connectivity index (χ3v) is 1.77. The zero-order chi connectivity index (χ0) is 7.56. The Hall–Kier alpha value is -0.570. The fourth-order valence-electron chi connectivity index (χ4n) is 1.19. The van der Waals surface area contributed by atoms with Crippen LogP contribution in [0, 0.1) is 0 Å². The number of hydrogen-bond donors (Lipinski definition) is 0. The van der Waals surface area contributed by atoms with Gasteiger partial charge in [0.1, 0.15) is 0 Å². The van der Waals surface area contributed by atoms with Gasteiger partial charge in [0.25, 0.3) is 0 Å². The van der Waals surface area contributed by atoms with E-state index in [2.05, 4.69) is 0 Å². The molecule has 0 saturated carbocycles. The standard InChI is InChI=1S/C7H13NO2/c1-6-5-10-4-3-8(6)7(2)9/h6H,3-5H2,1-2H3. The van der Waals surface area contributed by atoms with Crippen LogP contribution in [0.5, 0.6) is 0 Å². The molecule has 1 aliphatic rings. The lowest BCUT2D eigenvalue weighted by Gasteiger charge is -2.32. The topological polar surface area (TPSA) is 29.5 Å². The summed E-state index contributed by atoms with van der Waals surface area (Å²) in [6, 6.07) is 0.256. The smallest absolute Gasteiger partial charge is 0.219 e. The van der Waals surface area contributed by atoms with Crippen molar-refractivity contribution in [2.45, 2.75) is 19.9 Å². The van der Waals surface area contributed by atoms with Crippen molar-refractivity contribution in [2.24, 2.45) is 0 Å². The number of rotatable bonds is 0. The molecule has 1 atom stereocenters. The van der Waals surface area contributed by atoms with E-state index in [1.807, 2.05) is 11.8 Å². The molecule has 1 rings (SSSR count). The molecular weight excluding hydrogens is 130 g/mol. The first-order chi connectivity index (χ1) is 4.72. The largest absolute Gasteiger partial charge is 0.377 e. The van der Waals surface area contributed by atoms with Crippen molar-refractivity contribution in [3.8, 4) is 0 Å². The summed E-state index contributed by atoms with van der Waals surface area (Å²) < 4.78 is 5.17. The minimum Gasteiger partial charge on any atom is -0.377 e. The van der Waals surface area contributed by atoms with Crippen molar-refractivity contribution < 1.29 is 9.53 Å². The van der Waals surface area contributed by atoms with E-state index in [-0.39, 0.29) is 11.9 Å². The van der Waals surface area contributed by atoms with Crippen LogP contribution < -0.4 is 0 Å². The van der Waals surface area contributed by atoms with Gasteiger partial charge >= 0.3 is 0 Å². The summed E-state index contributed by atoms with van der Waals surface area (Å²) >= 11 is 0. The Bertz CT molecular complexity index is 136. The van der Waals surface area contributed by atoms with E-state index in [9.17, 15) is 4.79 Å². The lowest BCUT2D eigenvalue weighted by atomic mass is 10.2. The highest BCUT2D eigenvalue weighted by atomic mass is 16.5. The average molecular weight is 143 g/mol. The van der Waals surface area contributed by atoms with Crippen molar-refractivity contribution in [1.82, 2.24) is 4.90 Å². The molecule has 0 spiro atoms. The maximum atomic E-state index is 10.9. The molecule has 1 heterocycles. The molecule has 0 N–H and O–H groups in total. The highest BCUT2D eigenvalue weighted by molar-refractivity contribution is 5.73. The zero-order valence-electron chi connectivity index (χ0n) is 6.46. The van der Waals surface area contributed by atoms with Gasteiger partial charge in [0.05, 0.1) is 19.3 Å². The second-order valence-corrected chi connectivity index (χ2v) is 2.64.